The van der Waals surface area contributed by atoms with Gasteiger partial charge in [0.2, 0.25) is 6.33 Å². The molecule has 0 spiro atoms. The van der Waals surface area contributed by atoms with Crippen LogP contribution in [0.5, 0.6) is 0 Å². The maximum atomic E-state index is 11.6. The molecule has 0 saturated heterocycles. The molecule has 2 unspecified atom stereocenters. The van der Waals surface area contributed by atoms with Crippen LogP contribution in [0.15, 0.2) is 18.7 Å². The molecule has 0 aromatic carbocycles. The smallest absolute Gasteiger partial charge is 0.267 e. The Morgan fingerprint density at radius 3 is 2.67 bits per heavy atom. The van der Waals surface area contributed by atoms with Crippen LogP contribution in [0.2, 0.25) is 0 Å². The lowest BCUT2D eigenvalue weighted by Gasteiger charge is -2.14. The number of methoxy groups -OCH3 is 1. The molecule has 5 nitrogen and oxygen atoms in total. The van der Waals surface area contributed by atoms with Crippen LogP contribution in [0.1, 0.15) is 19.9 Å². The maximum absolute atomic E-state index is 11.6. The van der Waals surface area contributed by atoms with Crippen molar-refractivity contribution in [2.24, 2.45) is 0 Å². The number of aromatic nitrogens is 2. The van der Waals surface area contributed by atoms with Crippen molar-refractivity contribution in [1.82, 2.24) is 10.3 Å². The minimum Gasteiger partial charge on any atom is -1.00 e. The number of rotatable bonds is 4. The van der Waals surface area contributed by atoms with Gasteiger partial charge in [-0.25, -0.2) is 4.57 Å². The monoisotopic (exact) mass is 277 g/mol. The van der Waals surface area contributed by atoms with Gasteiger partial charge in [-0.15, -0.1) is 0 Å². The first kappa shape index (κ1) is 14.1. The van der Waals surface area contributed by atoms with E-state index < -0.39 is 0 Å². The van der Waals surface area contributed by atoms with Crippen molar-refractivity contribution in [3.8, 4) is 0 Å². The minimum atomic E-state index is -0.260. The second kappa shape index (κ2) is 6.58. The lowest BCUT2D eigenvalue weighted by molar-refractivity contribution is -0.704. The van der Waals surface area contributed by atoms with E-state index in [1.807, 2.05) is 13.1 Å². The van der Waals surface area contributed by atoms with Crippen molar-refractivity contribution in [3.05, 3.63) is 18.7 Å². The van der Waals surface area contributed by atoms with E-state index in [-0.39, 0.29) is 35.2 Å². The molecule has 0 saturated carbocycles. The fourth-order valence-corrected chi connectivity index (χ4v) is 1.06. The number of ether oxygens (including phenoxy) is 1. The quantitative estimate of drug-likeness (QED) is 0.455. The third-order valence-electron chi connectivity index (χ3n) is 2.09. The van der Waals surface area contributed by atoms with Crippen molar-refractivity contribution < 1.29 is 31.1 Å². The molecular formula is C9H16BrN3O2. The Labute approximate surface area is 99.6 Å². The summed E-state index contributed by atoms with van der Waals surface area (Å²) >= 11 is 0. The molecule has 1 amide bonds. The zero-order chi connectivity index (χ0) is 10.6. The Morgan fingerprint density at radius 1 is 1.53 bits per heavy atom. The molecule has 0 aliphatic rings. The number of amides is 1. The Kier molecular flexibility index (Phi) is 6.19. The fourth-order valence-electron chi connectivity index (χ4n) is 1.06. The van der Waals surface area contributed by atoms with Crippen LogP contribution in [-0.4, -0.2) is 24.2 Å². The number of H-pyrrole nitrogens is 1. The van der Waals surface area contributed by atoms with Crippen molar-refractivity contribution in [3.63, 3.8) is 0 Å². The van der Waals surface area contributed by atoms with Gasteiger partial charge in [-0.2, -0.15) is 0 Å². The second-order valence-electron chi connectivity index (χ2n) is 3.12. The van der Waals surface area contributed by atoms with Gasteiger partial charge in [0.1, 0.15) is 18.6 Å². The van der Waals surface area contributed by atoms with Gasteiger partial charge in [0, 0.05) is 7.11 Å². The average molecular weight is 278 g/mol. The van der Waals surface area contributed by atoms with E-state index in [1.54, 1.807) is 31.1 Å². The van der Waals surface area contributed by atoms with Crippen LogP contribution in [0, 0.1) is 0 Å². The number of carbonyl (C=O) groups excluding carboxylic acids is 1. The topological polar surface area (TPSA) is 58.0 Å². The predicted molar refractivity (Wildman–Crippen MR) is 50.3 cm³/mol. The molecule has 0 aliphatic heterocycles. The van der Waals surface area contributed by atoms with E-state index in [0.717, 1.165) is 0 Å². The van der Waals surface area contributed by atoms with Crippen molar-refractivity contribution in [2.75, 3.05) is 7.11 Å². The molecule has 15 heavy (non-hydrogen) atoms. The molecule has 0 aliphatic carbocycles. The third kappa shape index (κ3) is 4.01. The van der Waals surface area contributed by atoms with Gasteiger partial charge in [0.25, 0.3) is 5.91 Å². The SMILES string of the molecule is COC(C)NC(=O)C(C)[n+]1cc[nH]c1.[Br-]. The zero-order valence-corrected chi connectivity index (χ0v) is 10.6. The molecule has 0 radical (unpaired) electrons. The summed E-state index contributed by atoms with van der Waals surface area (Å²) in [4.78, 5) is 14.5. The van der Waals surface area contributed by atoms with Crippen LogP contribution >= 0.6 is 0 Å². The Morgan fingerprint density at radius 2 is 2.20 bits per heavy atom. The summed E-state index contributed by atoms with van der Waals surface area (Å²) in [5.41, 5.74) is 0. The number of hydrogen-bond acceptors (Lipinski definition) is 2. The van der Waals surface area contributed by atoms with Gasteiger partial charge < -0.3 is 27.0 Å². The van der Waals surface area contributed by atoms with E-state index in [4.69, 9.17) is 4.74 Å². The number of nitrogens with one attached hydrogen (secondary N) is 2. The molecule has 86 valence electrons. The molecule has 2 atom stereocenters. The van der Waals surface area contributed by atoms with E-state index in [2.05, 4.69) is 10.3 Å². The normalized spacial score (nSPS) is 13.8. The molecule has 6 heteroatoms. The molecule has 1 aromatic heterocycles. The lowest BCUT2D eigenvalue weighted by Crippen LogP contribution is -3.00. The summed E-state index contributed by atoms with van der Waals surface area (Å²) < 4.78 is 6.73. The van der Waals surface area contributed by atoms with Crippen molar-refractivity contribution in [1.29, 1.82) is 0 Å². The number of nitrogens with zero attached hydrogens (tertiary/aromatic N) is 1. The van der Waals surface area contributed by atoms with Gasteiger partial charge in [0.15, 0.2) is 6.04 Å². The van der Waals surface area contributed by atoms with Crippen LogP contribution in [0.4, 0.5) is 0 Å². The van der Waals surface area contributed by atoms with E-state index in [0.29, 0.717) is 0 Å². The number of imidazole rings is 1. The lowest BCUT2D eigenvalue weighted by atomic mass is 10.3. The van der Waals surface area contributed by atoms with Crippen molar-refractivity contribution >= 4 is 5.91 Å². The molecular weight excluding hydrogens is 262 g/mol. The number of aromatic amines is 1. The zero-order valence-electron chi connectivity index (χ0n) is 9.03. The van der Waals surface area contributed by atoms with Gasteiger partial charge in [-0.3, -0.25) is 9.78 Å². The first-order valence-corrected chi connectivity index (χ1v) is 4.52. The predicted octanol–water partition coefficient (Wildman–Crippen LogP) is -3.02. The molecule has 0 fully saturated rings. The second-order valence-corrected chi connectivity index (χ2v) is 3.12. The van der Waals surface area contributed by atoms with Gasteiger partial charge in [-0.05, 0) is 13.8 Å². The first-order chi connectivity index (χ1) is 6.65. The Hall–Kier alpha value is -0.880. The van der Waals surface area contributed by atoms with Gasteiger partial charge in [-0.1, -0.05) is 0 Å². The average Bonchev–Trinajstić information content (AvgIpc) is 2.69. The maximum Gasteiger partial charge on any atom is 0.267 e. The van der Waals surface area contributed by atoms with Crippen LogP contribution in [-0.2, 0) is 9.53 Å². The summed E-state index contributed by atoms with van der Waals surface area (Å²) in [6.45, 7) is 3.61. The summed E-state index contributed by atoms with van der Waals surface area (Å²) in [7, 11) is 1.55. The van der Waals surface area contributed by atoms with Crippen LogP contribution < -0.4 is 26.9 Å². The van der Waals surface area contributed by atoms with Gasteiger partial charge in [0.05, 0.1) is 0 Å². The largest absolute Gasteiger partial charge is 1.00 e. The summed E-state index contributed by atoms with van der Waals surface area (Å²) in [5.74, 6) is -0.0658. The molecule has 0 bridgehead atoms. The minimum absolute atomic E-state index is 0. The Balaban J connectivity index is 0.00000196. The third-order valence-corrected chi connectivity index (χ3v) is 2.09. The van der Waals surface area contributed by atoms with E-state index >= 15 is 0 Å². The fraction of sp³-hybridized carbons (Fsp3) is 0.556. The highest BCUT2D eigenvalue weighted by atomic mass is 79.9. The van der Waals surface area contributed by atoms with Crippen LogP contribution in [0.3, 0.4) is 0 Å². The summed E-state index contributed by atoms with van der Waals surface area (Å²) in [6.07, 6.45) is 5.05. The molecule has 1 aromatic rings. The van der Waals surface area contributed by atoms with E-state index in [9.17, 15) is 4.79 Å². The van der Waals surface area contributed by atoms with Crippen molar-refractivity contribution in [2.45, 2.75) is 26.1 Å². The first-order valence-electron chi connectivity index (χ1n) is 4.52. The Bertz CT molecular complexity index is 290. The molecule has 1 rings (SSSR count). The standard InChI is InChI=1S/C9H15N3O2.BrH/c1-7(12-5-4-10-6-12)9(13)11-8(2)14-3;/h4-8H,1-3H3,(H,11,13);1H. The highest BCUT2D eigenvalue weighted by Crippen LogP contribution is 1.94. The summed E-state index contributed by atoms with van der Waals surface area (Å²) in [6, 6.07) is -0.237. The van der Waals surface area contributed by atoms with Crippen LogP contribution in [0.25, 0.3) is 0 Å². The highest BCUT2D eigenvalue weighted by Gasteiger charge is 2.19. The number of hydrogen-bond donors (Lipinski definition) is 2. The summed E-state index contributed by atoms with van der Waals surface area (Å²) in [5, 5.41) is 2.72. The van der Waals surface area contributed by atoms with E-state index in [1.165, 1.54) is 0 Å². The van der Waals surface area contributed by atoms with Gasteiger partial charge >= 0.3 is 0 Å². The molecule has 2 N–H and O–H groups in total. The molecule has 1 heterocycles. The number of carbonyl (C=O) groups is 1. The number of halogens is 1. The highest BCUT2D eigenvalue weighted by molar-refractivity contribution is 5.78.